The SMILES string of the molecule is Cc1cc2c(cc1N)oc(=O)n2Cc1ccc(F)cc1. The number of nitrogens with zero attached hydrogens (tertiary/aromatic N) is 1. The Hall–Kier alpha value is -2.56. The first-order valence-corrected chi connectivity index (χ1v) is 6.18. The lowest BCUT2D eigenvalue weighted by molar-refractivity contribution is 0.517. The topological polar surface area (TPSA) is 61.2 Å². The Morgan fingerprint density at radius 1 is 1.25 bits per heavy atom. The Kier molecular flexibility index (Phi) is 2.82. The number of hydrogen-bond acceptors (Lipinski definition) is 3. The van der Waals surface area contributed by atoms with Crippen LogP contribution in [0.5, 0.6) is 0 Å². The van der Waals surface area contributed by atoms with Gasteiger partial charge in [-0.1, -0.05) is 12.1 Å². The van der Waals surface area contributed by atoms with Crippen LogP contribution in [0.25, 0.3) is 11.1 Å². The van der Waals surface area contributed by atoms with E-state index in [4.69, 9.17) is 10.2 Å². The van der Waals surface area contributed by atoms with Crippen LogP contribution in [0.4, 0.5) is 10.1 Å². The fraction of sp³-hybridized carbons (Fsp3) is 0.133. The van der Waals surface area contributed by atoms with E-state index in [1.807, 2.05) is 13.0 Å². The zero-order valence-corrected chi connectivity index (χ0v) is 10.9. The molecule has 102 valence electrons. The third-order valence-corrected chi connectivity index (χ3v) is 3.31. The Labute approximate surface area is 114 Å². The summed E-state index contributed by atoms with van der Waals surface area (Å²) in [5, 5.41) is 0. The summed E-state index contributed by atoms with van der Waals surface area (Å²) in [6.07, 6.45) is 0. The van der Waals surface area contributed by atoms with Crippen LogP contribution in [0.1, 0.15) is 11.1 Å². The quantitative estimate of drug-likeness (QED) is 0.729. The van der Waals surface area contributed by atoms with Crippen LogP contribution < -0.4 is 11.5 Å². The molecule has 0 spiro atoms. The van der Waals surface area contributed by atoms with Crippen LogP contribution in [0, 0.1) is 12.7 Å². The van der Waals surface area contributed by atoms with Gasteiger partial charge in [-0.25, -0.2) is 9.18 Å². The number of anilines is 1. The predicted molar refractivity (Wildman–Crippen MR) is 75.1 cm³/mol. The van der Waals surface area contributed by atoms with Gasteiger partial charge in [-0.3, -0.25) is 4.57 Å². The highest BCUT2D eigenvalue weighted by atomic mass is 19.1. The van der Waals surface area contributed by atoms with Gasteiger partial charge < -0.3 is 10.2 Å². The first kappa shape index (κ1) is 12.5. The van der Waals surface area contributed by atoms with Gasteiger partial charge >= 0.3 is 5.76 Å². The second-order valence-corrected chi connectivity index (χ2v) is 4.76. The molecule has 0 fully saturated rings. The number of aryl methyl sites for hydroxylation is 1. The summed E-state index contributed by atoms with van der Waals surface area (Å²) in [6.45, 7) is 2.20. The molecule has 2 aromatic carbocycles. The van der Waals surface area contributed by atoms with Gasteiger partial charge in [-0.05, 0) is 36.2 Å². The smallest absolute Gasteiger partial charge is 0.408 e. The third kappa shape index (κ3) is 2.07. The highest BCUT2D eigenvalue weighted by Gasteiger charge is 2.11. The van der Waals surface area contributed by atoms with E-state index in [9.17, 15) is 9.18 Å². The number of halogens is 1. The summed E-state index contributed by atoms with van der Waals surface area (Å²) in [7, 11) is 0. The molecule has 0 aliphatic heterocycles. The number of nitrogen functional groups attached to an aromatic ring is 1. The van der Waals surface area contributed by atoms with Gasteiger partial charge in [-0.15, -0.1) is 0 Å². The molecule has 3 aromatic rings. The van der Waals surface area contributed by atoms with E-state index in [1.165, 1.54) is 16.7 Å². The van der Waals surface area contributed by atoms with Crippen molar-refractivity contribution in [2.75, 3.05) is 5.73 Å². The summed E-state index contributed by atoms with van der Waals surface area (Å²) in [4.78, 5) is 11.9. The van der Waals surface area contributed by atoms with Gasteiger partial charge in [0.25, 0.3) is 0 Å². The molecule has 4 nitrogen and oxygen atoms in total. The standard InChI is InChI=1S/C15H13FN2O2/c1-9-6-13-14(7-12(9)17)20-15(19)18(13)8-10-2-4-11(16)5-3-10/h2-7H,8,17H2,1H3. The predicted octanol–water partition coefficient (Wildman–Crippen LogP) is 2.67. The average molecular weight is 272 g/mol. The highest BCUT2D eigenvalue weighted by molar-refractivity contribution is 5.79. The van der Waals surface area contributed by atoms with Gasteiger partial charge in [0.2, 0.25) is 0 Å². The Morgan fingerprint density at radius 2 is 1.95 bits per heavy atom. The molecule has 0 unspecified atom stereocenters. The van der Waals surface area contributed by atoms with E-state index >= 15 is 0 Å². The second kappa shape index (κ2) is 4.52. The van der Waals surface area contributed by atoms with Gasteiger partial charge in [0, 0.05) is 11.8 Å². The molecule has 0 amide bonds. The molecule has 0 aliphatic rings. The molecular weight excluding hydrogens is 259 g/mol. The van der Waals surface area contributed by atoms with Crippen LogP contribution in [-0.2, 0) is 6.54 Å². The lowest BCUT2D eigenvalue weighted by atomic mass is 10.1. The summed E-state index contributed by atoms with van der Waals surface area (Å²) in [5.74, 6) is -0.754. The van der Waals surface area contributed by atoms with Gasteiger partial charge in [0.05, 0.1) is 12.1 Å². The molecule has 0 bridgehead atoms. The van der Waals surface area contributed by atoms with Crippen molar-refractivity contribution in [1.82, 2.24) is 4.57 Å². The fourth-order valence-electron chi connectivity index (χ4n) is 2.15. The average Bonchev–Trinajstić information content (AvgIpc) is 2.69. The van der Waals surface area contributed by atoms with Crippen molar-refractivity contribution in [3.8, 4) is 0 Å². The summed E-state index contributed by atoms with van der Waals surface area (Å²) >= 11 is 0. The van der Waals surface area contributed by atoms with E-state index in [-0.39, 0.29) is 5.82 Å². The van der Waals surface area contributed by atoms with Crippen molar-refractivity contribution in [1.29, 1.82) is 0 Å². The summed E-state index contributed by atoms with van der Waals surface area (Å²) in [6, 6.07) is 9.49. The highest BCUT2D eigenvalue weighted by Crippen LogP contribution is 2.21. The molecule has 2 N–H and O–H groups in total. The van der Waals surface area contributed by atoms with Crippen LogP contribution in [0.15, 0.2) is 45.6 Å². The maximum atomic E-state index is 12.9. The Morgan fingerprint density at radius 3 is 2.65 bits per heavy atom. The van der Waals surface area contributed by atoms with Gasteiger partial charge in [0.1, 0.15) is 5.82 Å². The van der Waals surface area contributed by atoms with Gasteiger partial charge in [0.15, 0.2) is 5.58 Å². The Bertz CT molecular complexity index is 831. The lowest BCUT2D eigenvalue weighted by Crippen LogP contribution is -2.14. The van der Waals surface area contributed by atoms with Crippen LogP contribution in [0.2, 0.25) is 0 Å². The molecule has 1 aromatic heterocycles. The zero-order valence-electron chi connectivity index (χ0n) is 10.9. The molecular formula is C15H13FN2O2. The maximum absolute atomic E-state index is 12.9. The monoisotopic (exact) mass is 272 g/mol. The summed E-state index contributed by atoms with van der Waals surface area (Å²) in [5.41, 5.74) is 9.24. The van der Waals surface area contributed by atoms with Crippen LogP contribution in [0.3, 0.4) is 0 Å². The van der Waals surface area contributed by atoms with E-state index in [0.29, 0.717) is 23.3 Å². The van der Waals surface area contributed by atoms with Crippen LogP contribution in [-0.4, -0.2) is 4.57 Å². The second-order valence-electron chi connectivity index (χ2n) is 4.76. The Balaban J connectivity index is 2.11. The lowest BCUT2D eigenvalue weighted by Gasteiger charge is -2.04. The van der Waals surface area contributed by atoms with Crippen molar-refractivity contribution in [2.45, 2.75) is 13.5 Å². The van der Waals surface area contributed by atoms with Crippen molar-refractivity contribution < 1.29 is 8.81 Å². The van der Waals surface area contributed by atoms with Crippen LogP contribution >= 0.6 is 0 Å². The molecule has 0 saturated carbocycles. The molecule has 1 heterocycles. The number of oxazole rings is 1. The largest absolute Gasteiger partial charge is 0.420 e. The van der Waals surface area contributed by atoms with Crippen molar-refractivity contribution >= 4 is 16.8 Å². The number of hydrogen-bond donors (Lipinski definition) is 1. The first-order valence-electron chi connectivity index (χ1n) is 6.18. The van der Waals surface area contributed by atoms with E-state index in [1.54, 1.807) is 18.2 Å². The number of nitrogens with two attached hydrogens (primary N) is 1. The molecule has 0 atom stereocenters. The summed E-state index contributed by atoms with van der Waals surface area (Å²) < 4.78 is 19.6. The van der Waals surface area contributed by atoms with Crippen molar-refractivity contribution in [2.24, 2.45) is 0 Å². The van der Waals surface area contributed by atoms with Crippen molar-refractivity contribution in [3.63, 3.8) is 0 Å². The number of benzene rings is 2. The minimum atomic E-state index is -0.450. The number of aromatic nitrogens is 1. The minimum absolute atomic E-state index is 0.304. The molecule has 0 saturated heterocycles. The first-order chi connectivity index (χ1) is 9.54. The van der Waals surface area contributed by atoms with E-state index in [2.05, 4.69) is 0 Å². The van der Waals surface area contributed by atoms with Crippen molar-refractivity contribution in [3.05, 3.63) is 63.9 Å². The molecule has 5 heteroatoms. The fourth-order valence-corrected chi connectivity index (χ4v) is 2.15. The zero-order chi connectivity index (χ0) is 14.3. The maximum Gasteiger partial charge on any atom is 0.420 e. The number of fused-ring (bicyclic) bond motifs is 1. The minimum Gasteiger partial charge on any atom is -0.408 e. The van der Waals surface area contributed by atoms with E-state index in [0.717, 1.165) is 11.1 Å². The third-order valence-electron chi connectivity index (χ3n) is 3.31. The molecule has 0 radical (unpaired) electrons. The normalized spacial score (nSPS) is 11.1. The number of rotatable bonds is 2. The molecule has 20 heavy (non-hydrogen) atoms. The van der Waals surface area contributed by atoms with Gasteiger partial charge in [-0.2, -0.15) is 0 Å². The molecule has 0 aliphatic carbocycles. The molecule has 3 rings (SSSR count). The van der Waals surface area contributed by atoms with E-state index < -0.39 is 5.76 Å².